The quantitative estimate of drug-likeness (QED) is 0.853. The molecule has 1 aliphatic heterocycles. The number of amides is 1. The van der Waals surface area contributed by atoms with Crippen LogP contribution in [-0.4, -0.2) is 49.0 Å². The third-order valence-corrected chi connectivity index (χ3v) is 4.42. The van der Waals surface area contributed by atoms with Crippen molar-refractivity contribution < 1.29 is 18.3 Å². The molecular formula is C19H20F2N2O2. The summed E-state index contributed by atoms with van der Waals surface area (Å²) in [5.41, 5.74) is 0.959. The van der Waals surface area contributed by atoms with E-state index in [2.05, 4.69) is 0 Å². The normalized spacial score (nSPS) is 15.2. The van der Waals surface area contributed by atoms with Gasteiger partial charge in [0.05, 0.1) is 7.11 Å². The molecule has 0 N–H and O–H groups in total. The van der Waals surface area contributed by atoms with Gasteiger partial charge in [0.1, 0.15) is 5.75 Å². The number of hydrogen-bond acceptors (Lipinski definition) is 3. The Morgan fingerprint density at radius 1 is 1.04 bits per heavy atom. The molecule has 2 aromatic carbocycles. The number of rotatable bonds is 4. The monoisotopic (exact) mass is 346 g/mol. The van der Waals surface area contributed by atoms with Gasteiger partial charge in [-0.1, -0.05) is 12.1 Å². The fraction of sp³-hybridized carbons (Fsp3) is 0.316. The third-order valence-electron chi connectivity index (χ3n) is 4.42. The maximum atomic E-state index is 13.8. The van der Waals surface area contributed by atoms with Gasteiger partial charge in [-0.15, -0.1) is 0 Å². The number of methoxy groups -OCH3 is 1. The van der Waals surface area contributed by atoms with E-state index in [0.29, 0.717) is 49.6 Å². The highest BCUT2D eigenvalue weighted by molar-refractivity contribution is 5.94. The van der Waals surface area contributed by atoms with Gasteiger partial charge in [-0.2, -0.15) is 0 Å². The Bertz CT molecular complexity index is 742. The fourth-order valence-electron chi connectivity index (χ4n) is 2.94. The van der Waals surface area contributed by atoms with Gasteiger partial charge in [0.15, 0.2) is 11.6 Å². The Hall–Kier alpha value is -2.47. The highest BCUT2D eigenvalue weighted by Crippen LogP contribution is 2.17. The van der Waals surface area contributed by atoms with Crippen molar-refractivity contribution in [3.63, 3.8) is 0 Å². The molecule has 25 heavy (non-hydrogen) atoms. The Morgan fingerprint density at radius 2 is 1.72 bits per heavy atom. The summed E-state index contributed by atoms with van der Waals surface area (Å²) in [6.45, 7) is 2.70. The van der Waals surface area contributed by atoms with Crippen molar-refractivity contribution in [2.24, 2.45) is 0 Å². The molecule has 0 aliphatic carbocycles. The summed E-state index contributed by atoms with van der Waals surface area (Å²) in [4.78, 5) is 16.3. The molecule has 6 heteroatoms. The summed E-state index contributed by atoms with van der Waals surface area (Å²) in [7, 11) is 1.58. The van der Waals surface area contributed by atoms with Crippen LogP contribution in [0.4, 0.5) is 8.78 Å². The number of carbonyl (C=O) groups excluding carboxylic acids is 1. The molecule has 0 bridgehead atoms. The molecule has 1 amide bonds. The van der Waals surface area contributed by atoms with Crippen LogP contribution < -0.4 is 4.74 Å². The van der Waals surface area contributed by atoms with Gasteiger partial charge in [-0.05, 0) is 30.3 Å². The topological polar surface area (TPSA) is 32.8 Å². The van der Waals surface area contributed by atoms with Crippen molar-refractivity contribution in [3.8, 4) is 5.75 Å². The molecule has 3 rings (SSSR count). The van der Waals surface area contributed by atoms with Crippen molar-refractivity contribution in [1.82, 2.24) is 9.80 Å². The van der Waals surface area contributed by atoms with E-state index in [-0.39, 0.29) is 5.91 Å². The number of ether oxygens (including phenoxy) is 1. The molecule has 0 atom stereocenters. The number of halogens is 2. The van der Waals surface area contributed by atoms with Gasteiger partial charge in [-0.25, -0.2) is 8.78 Å². The zero-order valence-corrected chi connectivity index (χ0v) is 14.0. The van der Waals surface area contributed by atoms with Gasteiger partial charge in [0, 0.05) is 43.9 Å². The lowest BCUT2D eigenvalue weighted by Gasteiger charge is -2.34. The van der Waals surface area contributed by atoms with Crippen LogP contribution in [0, 0.1) is 11.6 Å². The van der Waals surface area contributed by atoms with Gasteiger partial charge in [0.25, 0.3) is 5.91 Å². The van der Waals surface area contributed by atoms with Crippen LogP contribution in [0.5, 0.6) is 5.75 Å². The molecule has 1 fully saturated rings. The summed E-state index contributed by atoms with van der Waals surface area (Å²) in [5, 5.41) is 0. The van der Waals surface area contributed by atoms with Crippen molar-refractivity contribution in [2.75, 3.05) is 33.3 Å². The second kappa shape index (κ2) is 7.61. The Morgan fingerprint density at radius 3 is 2.36 bits per heavy atom. The Labute approximate surface area is 145 Å². The average molecular weight is 346 g/mol. The molecular weight excluding hydrogens is 326 g/mol. The van der Waals surface area contributed by atoms with E-state index >= 15 is 0 Å². The highest BCUT2D eigenvalue weighted by atomic mass is 19.2. The number of benzene rings is 2. The Balaban J connectivity index is 1.57. The zero-order chi connectivity index (χ0) is 17.8. The van der Waals surface area contributed by atoms with Crippen LogP contribution in [0.3, 0.4) is 0 Å². The second-order valence-electron chi connectivity index (χ2n) is 6.01. The number of nitrogens with zero attached hydrogens (tertiary/aromatic N) is 2. The predicted octanol–water partition coefficient (Wildman–Crippen LogP) is 2.93. The minimum absolute atomic E-state index is 0.0285. The average Bonchev–Trinajstić information content (AvgIpc) is 2.65. The highest BCUT2D eigenvalue weighted by Gasteiger charge is 2.23. The minimum Gasteiger partial charge on any atom is -0.497 e. The SMILES string of the molecule is COc1ccc(C(=O)N2CCN(Cc3cccc(F)c3F)CC2)cc1. The Kier molecular flexibility index (Phi) is 5.28. The lowest BCUT2D eigenvalue weighted by Crippen LogP contribution is -2.48. The first-order valence-electron chi connectivity index (χ1n) is 8.17. The molecule has 4 nitrogen and oxygen atoms in total. The first kappa shape index (κ1) is 17.4. The van der Waals surface area contributed by atoms with E-state index in [9.17, 15) is 13.6 Å². The fourth-order valence-corrected chi connectivity index (χ4v) is 2.94. The first-order valence-corrected chi connectivity index (χ1v) is 8.17. The molecule has 1 heterocycles. The number of carbonyl (C=O) groups is 1. The number of hydrogen-bond donors (Lipinski definition) is 0. The molecule has 132 valence electrons. The van der Waals surface area contributed by atoms with Crippen molar-refractivity contribution in [1.29, 1.82) is 0 Å². The molecule has 1 aliphatic rings. The predicted molar refractivity (Wildman–Crippen MR) is 90.5 cm³/mol. The lowest BCUT2D eigenvalue weighted by molar-refractivity contribution is 0.0627. The molecule has 0 aromatic heterocycles. The van der Waals surface area contributed by atoms with Crippen molar-refractivity contribution in [3.05, 3.63) is 65.2 Å². The van der Waals surface area contributed by atoms with E-state index in [1.165, 1.54) is 6.07 Å². The summed E-state index contributed by atoms with van der Waals surface area (Å²) >= 11 is 0. The molecule has 2 aromatic rings. The second-order valence-corrected chi connectivity index (χ2v) is 6.01. The summed E-state index contributed by atoms with van der Waals surface area (Å²) in [5.74, 6) is -0.942. The van der Waals surface area contributed by atoms with Crippen molar-refractivity contribution >= 4 is 5.91 Å². The van der Waals surface area contributed by atoms with Gasteiger partial charge in [0.2, 0.25) is 0 Å². The van der Waals surface area contributed by atoms with E-state index in [1.54, 1.807) is 42.3 Å². The molecule has 0 spiro atoms. The van der Waals surface area contributed by atoms with E-state index in [0.717, 1.165) is 6.07 Å². The summed E-state index contributed by atoms with van der Waals surface area (Å²) < 4.78 is 32.2. The lowest BCUT2D eigenvalue weighted by atomic mass is 10.1. The standard InChI is InChI=1S/C19H20F2N2O2/c1-25-16-7-5-14(6-8-16)19(24)23-11-9-22(10-12-23)13-15-3-2-4-17(20)18(15)21/h2-8H,9-13H2,1H3. The van der Waals surface area contributed by atoms with Gasteiger partial charge >= 0.3 is 0 Å². The molecule has 0 saturated carbocycles. The van der Waals surface area contributed by atoms with Crippen LogP contribution in [0.25, 0.3) is 0 Å². The van der Waals surface area contributed by atoms with Crippen LogP contribution in [-0.2, 0) is 6.54 Å². The van der Waals surface area contributed by atoms with E-state index in [4.69, 9.17) is 4.74 Å². The summed E-state index contributed by atoms with van der Waals surface area (Å²) in [6.07, 6.45) is 0. The van der Waals surface area contributed by atoms with Crippen LogP contribution in [0.1, 0.15) is 15.9 Å². The minimum atomic E-state index is -0.828. The van der Waals surface area contributed by atoms with E-state index < -0.39 is 11.6 Å². The third kappa shape index (κ3) is 3.96. The maximum absolute atomic E-state index is 13.8. The van der Waals surface area contributed by atoms with Gasteiger partial charge < -0.3 is 9.64 Å². The van der Waals surface area contributed by atoms with Crippen LogP contribution in [0.15, 0.2) is 42.5 Å². The zero-order valence-electron chi connectivity index (χ0n) is 14.0. The first-order chi connectivity index (χ1) is 12.1. The van der Waals surface area contributed by atoms with E-state index in [1.807, 2.05) is 4.90 Å². The number of piperazine rings is 1. The molecule has 0 radical (unpaired) electrons. The largest absolute Gasteiger partial charge is 0.497 e. The van der Waals surface area contributed by atoms with Gasteiger partial charge in [-0.3, -0.25) is 9.69 Å². The maximum Gasteiger partial charge on any atom is 0.253 e. The van der Waals surface area contributed by atoms with Crippen molar-refractivity contribution in [2.45, 2.75) is 6.54 Å². The molecule has 1 saturated heterocycles. The summed E-state index contributed by atoms with van der Waals surface area (Å²) in [6, 6.07) is 11.2. The smallest absolute Gasteiger partial charge is 0.253 e. The van der Waals surface area contributed by atoms with Crippen LogP contribution in [0.2, 0.25) is 0 Å². The molecule has 0 unspecified atom stereocenters. The van der Waals surface area contributed by atoms with Crippen LogP contribution >= 0.6 is 0 Å².